The van der Waals surface area contributed by atoms with Crippen LogP contribution in [0.1, 0.15) is 50.9 Å². The Balaban J connectivity index is 2.91. The first-order chi connectivity index (χ1) is 10.9. The molecular formula is C18H26N2O3. The fourth-order valence-corrected chi connectivity index (χ4v) is 2.40. The summed E-state index contributed by atoms with van der Waals surface area (Å²) >= 11 is 0. The third kappa shape index (κ3) is 5.51. The summed E-state index contributed by atoms with van der Waals surface area (Å²) in [7, 11) is 0. The molecule has 0 radical (unpaired) electrons. The van der Waals surface area contributed by atoms with Crippen LogP contribution >= 0.6 is 0 Å². The van der Waals surface area contributed by atoms with Gasteiger partial charge in [-0.1, -0.05) is 13.8 Å². The average Bonchev–Trinajstić information content (AvgIpc) is 2.52. The zero-order chi connectivity index (χ0) is 17.4. The molecule has 0 atom stereocenters. The van der Waals surface area contributed by atoms with Gasteiger partial charge in [-0.2, -0.15) is 0 Å². The van der Waals surface area contributed by atoms with Crippen molar-refractivity contribution in [2.45, 2.75) is 40.5 Å². The first-order valence-electron chi connectivity index (χ1n) is 8.07. The van der Waals surface area contributed by atoms with Gasteiger partial charge in [-0.15, -0.1) is 0 Å². The topological polar surface area (TPSA) is 57.7 Å². The molecule has 0 aliphatic heterocycles. The van der Waals surface area contributed by atoms with Gasteiger partial charge in [0, 0.05) is 31.3 Å². The molecule has 5 nitrogen and oxygen atoms in total. The van der Waals surface area contributed by atoms with Crippen LogP contribution in [0.4, 0.5) is 5.69 Å². The Morgan fingerprint density at radius 2 is 1.43 bits per heavy atom. The lowest BCUT2D eigenvalue weighted by molar-refractivity contribution is -0.131. The van der Waals surface area contributed by atoms with Gasteiger partial charge in [0.1, 0.15) is 6.54 Å². The minimum Gasteiger partial charge on any atom is -0.341 e. The summed E-state index contributed by atoms with van der Waals surface area (Å²) in [4.78, 5) is 39.0. The van der Waals surface area contributed by atoms with E-state index in [2.05, 4.69) is 0 Å². The molecule has 0 bridgehead atoms. The average molecular weight is 318 g/mol. The van der Waals surface area contributed by atoms with Crippen LogP contribution in [-0.4, -0.2) is 42.1 Å². The van der Waals surface area contributed by atoms with Gasteiger partial charge in [-0.3, -0.25) is 14.4 Å². The van der Waals surface area contributed by atoms with Crippen molar-refractivity contribution in [3.63, 3.8) is 0 Å². The Morgan fingerprint density at radius 3 is 1.83 bits per heavy atom. The van der Waals surface area contributed by atoms with E-state index in [9.17, 15) is 14.4 Å². The molecule has 0 unspecified atom stereocenters. The van der Waals surface area contributed by atoms with Crippen molar-refractivity contribution in [3.05, 3.63) is 29.8 Å². The summed E-state index contributed by atoms with van der Waals surface area (Å²) in [6.45, 7) is 8.40. The number of hydrogen-bond acceptors (Lipinski definition) is 3. The first kappa shape index (κ1) is 18.9. The third-order valence-electron chi connectivity index (χ3n) is 3.60. The highest BCUT2D eigenvalue weighted by molar-refractivity contribution is 5.98. The normalized spacial score (nSPS) is 10.3. The quantitative estimate of drug-likeness (QED) is 0.693. The van der Waals surface area contributed by atoms with Crippen molar-refractivity contribution in [3.8, 4) is 0 Å². The van der Waals surface area contributed by atoms with Crippen molar-refractivity contribution >= 4 is 23.3 Å². The molecule has 126 valence electrons. The van der Waals surface area contributed by atoms with Crippen LogP contribution in [0.3, 0.4) is 0 Å². The fourth-order valence-electron chi connectivity index (χ4n) is 2.40. The zero-order valence-electron chi connectivity index (χ0n) is 14.5. The number of benzene rings is 1. The van der Waals surface area contributed by atoms with E-state index in [1.54, 1.807) is 29.2 Å². The number of carbonyl (C=O) groups excluding carboxylic acids is 3. The van der Waals surface area contributed by atoms with E-state index in [-0.39, 0.29) is 24.1 Å². The largest absolute Gasteiger partial charge is 0.341 e. The number of hydrogen-bond donors (Lipinski definition) is 0. The first-order valence-corrected chi connectivity index (χ1v) is 8.07. The van der Waals surface area contributed by atoms with Gasteiger partial charge in [0.25, 0.3) is 0 Å². The van der Waals surface area contributed by atoms with Gasteiger partial charge in [0.05, 0.1) is 0 Å². The van der Waals surface area contributed by atoms with Gasteiger partial charge in [-0.25, -0.2) is 0 Å². The Labute approximate surface area is 138 Å². The van der Waals surface area contributed by atoms with Crippen LogP contribution < -0.4 is 4.90 Å². The minimum absolute atomic E-state index is 0.0226. The predicted molar refractivity (Wildman–Crippen MR) is 91.6 cm³/mol. The molecule has 2 amide bonds. The molecule has 1 aromatic rings. The lowest BCUT2D eigenvalue weighted by atomic mass is 10.1. The van der Waals surface area contributed by atoms with Gasteiger partial charge in [0.2, 0.25) is 11.8 Å². The minimum atomic E-state index is -0.193. The van der Waals surface area contributed by atoms with E-state index < -0.39 is 0 Å². The molecule has 0 N–H and O–H groups in total. The third-order valence-corrected chi connectivity index (χ3v) is 3.60. The maximum atomic E-state index is 12.5. The number of nitrogens with zero attached hydrogens (tertiary/aromatic N) is 2. The van der Waals surface area contributed by atoms with Crippen LogP contribution in [0.15, 0.2) is 24.3 Å². The van der Waals surface area contributed by atoms with Gasteiger partial charge in [0.15, 0.2) is 5.78 Å². The van der Waals surface area contributed by atoms with E-state index in [4.69, 9.17) is 0 Å². The second kappa shape index (κ2) is 9.08. The van der Waals surface area contributed by atoms with Crippen molar-refractivity contribution in [2.24, 2.45) is 0 Å². The van der Waals surface area contributed by atoms with E-state index >= 15 is 0 Å². The molecular weight excluding hydrogens is 292 g/mol. The van der Waals surface area contributed by atoms with Crippen LogP contribution in [0.25, 0.3) is 0 Å². The molecule has 1 rings (SSSR count). The number of anilines is 1. The predicted octanol–water partition coefficient (Wildman–Crippen LogP) is 2.89. The molecule has 0 saturated heterocycles. The van der Waals surface area contributed by atoms with Crippen molar-refractivity contribution in [1.82, 2.24) is 4.90 Å². The summed E-state index contributed by atoms with van der Waals surface area (Å²) < 4.78 is 0. The van der Waals surface area contributed by atoms with Gasteiger partial charge in [-0.05, 0) is 44.0 Å². The summed E-state index contributed by atoms with van der Waals surface area (Å²) in [5, 5.41) is 0. The molecule has 0 aliphatic rings. The monoisotopic (exact) mass is 318 g/mol. The molecule has 0 aliphatic carbocycles. The van der Waals surface area contributed by atoms with Crippen molar-refractivity contribution in [2.75, 3.05) is 24.5 Å². The van der Waals surface area contributed by atoms with E-state index in [1.807, 2.05) is 13.8 Å². The second-order valence-electron chi connectivity index (χ2n) is 5.59. The summed E-state index contributed by atoms with van der Waals surface area (Å²) in [5.74, 6) is -0.277. The maximum Gasteiger partial charge on any atom is 0.242 e. The summed E-state index contributed by atoms with van der Waals surface area (Å²) in [5.41, 5.74) is 1.21. The molecule has 23 heavy (non-hydrogen) atoms. The molecule has 1 aromatic carbocycles. The molecule has 0 aromatic heterocycles. The van der Waals surface area contributed by atoms with E-state index in [1.165, 1.54) is 18.7 Å². The Hall–Kier alpha value is -2.17. The standard InChI is InChI=1S/C18H26N2O3/c1-5-11-19(12-6-2)18(23)13-20(15(4)22)17-9-7-16(8-10-17)14(3)21/h7-10H,5-6,11-13H2,1-4H3. The molecule has 0 saturated carbocycles. The smallest absolute Gasteiger partial charge is 0.242 e. The second-order valence-corrected chi connectivity index (χ2v) is 5.59. The number of Topliss-reactive ketones (excluding diaryl/α,β-unsaturated/α-hetero) is 1. The molecule has 5 heteroatoms. The number of rotatable bonds is 8. The zero-order valence-corrected chi connectivity index (χ0v) is 14.5. The van der Waals surface area contributed by atoms with Crippen molar-refractivity contribution in [1.29, 1.82) is 0 Å². The lowest BCUT2D eigenvalue weighted by Gasteiger charge is -2.26. The lowest BCUT2D eigenvalue weighted by Crippen LogP contribution is -2.43. The van der Waals surface area contributed by atoms with Crippen LogP contribution in [0, 0.1) is 0 Å². The molecule has 0 spiro atoms. The molecule has 0 fully saturated rings. The van der Waals surface area contributed by atoms with E-state index in [0.29, 0.717) is 24.3 Å². The Morgan fingerprint density at radius 1 is 0.913 bits per heavy atom. The summed E-state index contributed by atoms with van der Waals surface area (Å²) in [6, 6.07) is 6.76. The van der Waals surface area contributed by atoms with Crippen LogP contribution in [0.2, 0.25) is 0 Å². The number of ketones is 1. The number of amides is 2. The van der Waals surface area contributed by atoms with Gasteiger partial charge >= 0.3 is 0 Å². The maximum absolute atomic E-state index is 12.5. The van der Waals surface area contributed by atoms with Crippen LogP contribution in [-0.2, 0) is 9.59 Å². The SMILES string of the molecule is CCCN(CCC)C(=O)CN(C(C)=O)c1ccc(C(C)=O)cc1. The van der Waals surface area contributed by atoms with Gasteiger partial charge < -0.3 is 9.80 Å². The summed E-state index contributed by atoms with van der Waals surface area (Å²) in [6.07, 6.45) is 1.78. The fraction of sp³-hybridized carbons (Fsp3) is 0.500. The Bertz CT molecular complexity index is 546. The molecule has 0 heterocycles. The number of carbonyl (C=O) groups is 3. The van der Waals surface area contributed by atoms with Crippen molar-refractivity contribution < 1.29 is 14.4 Å². The Kier molecular flexibility index (Phi) is 7.45. The highest BCUT2D eigenvalue weighted by Gasteiger charge is 2.19. The highest BCUT2D eigenvalue weighted by atomic mass is 16.2. The van der Waals surface area contributed by atoms with Crippen LogP contribution in [0.5, 0.6) is 0 Å². The highest BCUT2D eigenvalue weighted by Crippen LogP contribution is 2.16. The van der Waals surface area contributed by atoms with E-state index in [0.717, 1.165) is 12.8 Å².